The molecule has 0 saturated heterocycles. The van der Waals surface area contributed by atoms with Crippen LogP contribution in [0.2, 0.25) is 0 Å². The highest BCUT2D eigenvalue weighted by Gasteiger charge is 2.23. The van der Waals surface area contributed by atoms with Gasteiger partial charge in [-0.25, -0.2) is 0 Å². The Bertz CT molecular complexity index is 410. The molecule has 1 unspecified atom stereocenters. The molecule has 0 aliphatic heterocycles. The van der Waals surface area contributed by atoms with E-state index in [4.69, 9.17) is 0 Å². The van der Waals surface area contributed by atoms with Gasteiger partial charge >= 0.3 is 0 Å². The van der Waals surface area contributed by atoms with Crippen LogP contribution in [0.5, 0.6) is 0 Å². The number of nitrogens with zero attached hydrogens (tertiary/aromatic N) is 1. The minimum Gasteiger partial charge on any atom is -0.310 e. The lowest BCUT2D eigenvalue weighted by Crippen LogP contribution is -2.35. The zero-order chi connectivity index (χ0) is 14.8. The molecule has 1 aromatic rings. The largest absolute Gasteiger partial charge is 0.310 e. The molecule has 1 atom stereocenters. The summed E-state index contributed by atoms with van der Waals surface area (Å²) in [6.07, 6.45) is 0. The van der Waals surface area contributed by atoms with Gasteiger partial charge in [-0.3, -0.25) is 4.98 Å². The van der Waals surface area contributed by atoms with Crippen molar-refractivity contribution in [3.63, 3.8) is 0 Å². The van der Waals surface area contributed by atoms with Crippen molar-refractivity contribution < 1.29 is 0 Å². The Labute approximate surface area is 119 Å². The lowest BCUT2D eigenvalue weighted by Gasteiger charge is -2.31. The maximum Gasteiger partial charge on any atom is 0.0426 e. The van der Waals surface area contributed by atoms with E-state index in [1.807, 2.05) is 0 Å². The summed E-state index contributed by atoms with van der Waals surface area (Å²) in [5.41, 5.74) is 5.26. The minimum absolute atomic E-state index is 0.314. The molecule has 0 radical (unpaired) electrons. The molecule has 108 valence electrons. The topological polar surface area (TPSA) is 24.9 Å². The first-order valence-electron chi connectivity index (χ1n) is 7.33. The molecule has 19 heavy (non-hydrogen) atoms. The normalized spacial score (nSPS) is 13.9. The van der Waals surface area contributed by atoms with Crippen molar-refractivity contribution in [3.8, 4) is 0 Å². The number of hydrogen-bond acceptors (Lipinski definition) is 2. The van der Waals surface area contributed by atoms with Gasteiger partial charge in [0.15, 0.2) is 0 Å². The van der Waals surface area contributed by atoms with Crippen molar-refractivity contribution in [3.05, 3.63) is 28.6 Å². The smallest absolute Gasteiger partial charge is 0.0426 e. The van der Waals surface area contributed by atoms with E-state index in [2.05, 4.69) is 71.8 Å². The average molecular weight is 262 g/mol. The molecule has 2 heteroatoms. The summed E-state index contributed by atoms with van der Waals surface area (Å²) in [6.45, 7) is 18.8. The first-order chi connectivity index (χ1) is 8.65. The predicted molar refractivity (Wildman–Crippen MR) is 83.5 cm³/mol. The van der Waals surface area contributed by atoms with E-state index < -0.39 is 0 Å². The Morgan fingerprint density at radius 3 is 2.21 bits per heavy atom. The molecule has 0 aliphatic rings. The molecule has 2 nitrogen and oxygen atoms in total. The van der Waals surface area contributed by atoms with Gasteiger partial charge in [-0.05, 0) is 56.2 Å². The van der Waals surface area contributed by atoms with E-state index in [0.29, 0.717) is 17.4 Å². The highest BCUT2D eigenvalue weighted by Crippen LogP contribution is 2.27. The molecule has 0 aromatic carbocycles. The fourth-order valence-corrected chi connectivity index (χ4v) is 2.41. The zero-order valence-electron chi connectivity index (χ0n) is 13.9. The Hall–Kier alpha value is -0.890. The van der Waals surface area contributed by atoms with E-state index in [-0.39, 0.29) is 0 Å². The van der Waals surface area contributed by atoms with Gasteiger partial charge in [0.2, 0.25) is 0 Å². The monoisotopic (exact) mass is 262 g/mol. The van der Waals surface area contributed by atoms with E-state index in [9.17, 15) is 0 Å². The maximum absolute atomic E-state index is 4.60. The molecule has 0 amide bonds. The predicted octanol–water partition coefficient (Wildman–Crippen LogP) is 4.34. The maximum atomic E-state index is 4.60. The van der Waals surface area contributed by atoms with Crippen LogP contribution in [0.25, 0.3) is 0 Å². The SMILES string of the molecule is Cc1cc(C)c(C(C)NCC(C)(C)C(C)C)c(C)n1. The van der Waals surface area contributed by atoms with E-state index >= 15 is 0 Å². The Morgan fingerprint density at radius 1 is 1.16 bits per heavy atom. The van der Waals surface area contributed by atoms with Crippen molar-refractivity contribution in [2.24, 2.45) is 11.3 Å². The number of aromatic nitrogens is 1. The number of pyridine rings is 1. The molecule has 0 spiro atoms. The summed E-state index contributed by atoms with van der Waals surface area (Å²) in [7, 11) is 0. The molecule has 1 heterocycles. The molecule has 1 aromatic heterocycles. The Balaban J connectivity index is 2.82. The summed E-state index contributed by atoms with van der Waals surface area (Å²) < 4.78 is 0. The van der Waals surface area contributed by atoms with Gasteiger partial charge in [-0.15, -0.1) is 0 Å². The van der Waals surface area contributed by atoms with Crippen LogP contribution in [0.3, 0.4) is 0 Å². The van der Waals surface area contributed by atoms with Gasteiger partial charge in [-0.1, -0.05) is 27.7 Å². The van der Waals surface area contributed by atoms with Crippen LogP contribution in [0.15, 0.2) is 6.07 Å². The van der Waals surface area contributed by atoms with Crippen LogP contribution in [-0.4, -0.2) is 11.5 Å². The van der Waals surface area contributed by atoms with Gasteiger partial charge in [0.25, 0.3) is 0 Å². The molecule has 0 aliphatic carbocycles. The Morgan fingerprint density at radius 2 is 1.74 bits per heavy atom. The van der Waals surface area contributed by atoms with Gasteiger partial charge in [0.1, 0.15) is 0 Å². The second kappa shape index (κ2) is 6.04. The fourth-order valence-electron chi connectivity index (χ4n) is 2.41. The van der Waals surface area contributed by atoms with Crippen LogP contribution in [0.4, 0.5) is 0 Å². The Kier molecular flexibility index (Phi) is 5.14. The fraction of sp³-hybridized carbons (Fsp3) is 0.706. The van der Waals surface area contributed by atoms with Crippen molar-refractivity contribution in [1.82, 2.24) is 10.3 Å². The van der Waals surface area contributed by atoms with Gasteiger partial charge in [-0.2, -0.15) is 0 Å². The van der Waals surface area contributed by atoms with Crippen LogP contribution in [0, 0.1) is 32.1 Å². The second-order valence-electron chi connectivity index (χ2n) is 6.83. The third-order valence-corrected chi connectivity index (χ3v) is 4.44. The molecule has 0 saturated carbocycles. The third-order valence-electron chi connectivity index (χ3n) is 4.44. The summed E-state index contributed by atoms with van der Waals surface area (Å²) >= 11 is 0. The van der Waals surface area contributed by atoms with E-state index in [0.717, 1.165) is 17.9 Å². The van der Waals surface area contributed by atoms with Crippen molar-refractivity contribution >= 4 is 0 Å². The first-order valence-corrected chi connectivity index (χ1v) is 7.33. The number of nitrogens with one attached hydrogen (secondary N) is 1. The van der Waals surface area contributed by atoms with E-state index in [1.165, 1.54) is 11.1 Å². The lowest BCUT2D eigenvalue weighted by atomic mass is 9.81. The summed E-state index contributed by atoms with van der Waals surface area (Å²) in [5, 5.41) is 3.68. The summed E-state index contributed by atoms with van der Waals surface area (Å²) in [4.78, 5) is 4.60. The standard InChI is InChI=1S/C17H30N2/c1-11(2)17(7,8)10-18-14(5)16-12(3)9-13(4)19-15(16)6/h9,11,14,18H,10H2,1-8H3. The zero-order valence-corrected chi connectivity index (χ0v) is 13.9. The molecule has 0 bridgehead atoms. The third kappa shape index (κ3) is 4.04. The van der Waals surface area contributed by atoms with E-state index in [1.54, 1.807) is 0 Å². The summed E-state index contributed by atoms with van der Waals surface area (Å²) in [5.74, 6) is 0.672. The molecular weight excluding hydrogens is 232 g/mol. The highest BCUT2D eigenvalue weighted by atomic mass is 14.9. The number of hydrogen-bond donors (Lipinski definition) is 1. The van der Waals surface area contributed by atoms with Crippen molar-refractivity contribution in [2.75, 3.05) is 6.54 Å². The van der Waals surface area contributed by atoms with Crippen molar-refractivity contribution in [1.29, 1.82) is 0 Å². The highest BCUT2D eigenvalue weighted by molar-refractivity contribution is 5.33. The lowest BCUT2D eigenvalue weighted by molar-refractivity contribution is 0.230. The van der Waals surface area contributed by atoms with Crippen LogP contribution < -0.4 is 5.32 Å². The van der Waals surface area contributed by atoms with Gasteiger partial charge < -0.3 is 5.32 Å². The van der Waals surface area contributed by atoms with Gasteiger partial charge in [0.05, 0.1) is 0 Å². The number of rotatable bonds is 5. The van der Waals surface area contributed by atoms with Crippen LogP contribution >= 0.6 is 0 Å². The minimum atomic E-state index is 0.314. The van der Waals surface area contributed by atoms with Crippen molar-refractivity contribution in [2.45, 2.75) is 61.4 Å². The van der Waals surface area contributed by atoms with Crippen LogP contribution in [0.1, 0.15) is 63.2 Å². The van der Waals surface area contributed by atoms with Gasteiger partial charge in [0, 0.05) is 24.0 Å². The molecule has 0 fully saturated rings. The summed E-state index contributed by atoms with van der Waals surface area (Å²) in [6, 6.07) is 2.53. The molecular formula is C17H30N2. The van der Waals surface area contributed by atoms with Crippen LogP contribution in [-0.2, 0) is 0 Å². The second-order valence-corrected chi connectivity index (χ2v) is 6.83. The first kappa shape index (κ1) is 16.2. The average Bonchev–Trinajstić information content (AvgIpc) is 2.24. The molecule has 1 N–H and O–H groups in total. The molecule has 1 rings (SSSR count). The number of aryl methyl sites for hydroxylation is 3. The quantitative estimate of drug-likeness (QED) is 0.854.